The van der Waals surface area contributed by atoms with Crippen molar-refractivity contribution in [2.75, 3.05) is 13.1 Å². The Morgan fingerprint density at radius 3 is 2.59 bits per heavy atom. The highest BCUT2D eigenvalue weighted by Gasteiger charge is 2.25. The molecule has 1 fully saturated rings. The second kappa shape index (κ2) is 8.90. The molecule has 8 heteroatoms. The molecule has 142 valence electrons. The van der Waals surface area contributed by atoms with E-state index in [1.54, 1.807) is 29.2 Å². The summed E-state index contributed by atoms with van der Waals surface area (Å²) >= 11 is 5.81. The van der Waals surface area contributed by atoms with Crippen LogP contribution in [-0.4, -0.2) is 45.8 Å². The number of hydrogen-bond donors (Lipinski definition) is 0. The Labute approximate surface area is 161 Å². The van der Waals surface area contributed by atoms with Crippen LogP contribution in [0.3, 0.4) is 0 Å². The third-order valence-corrected chi connectivity index (χ3v) is 4.58. The number of carbonyl (C=O) groups excluding carboxylic acids is 2. The number of ether oxygens (including phenoxy) is 1. The summed E-state index contributed by atoms with van der Waals surface area (Å²) in [4.78, 5) is 33.9. The first kappa shape index (κ1) is 19.2. The lowest BCUT2D eigenvalue weighted by Gasteiger charge is -2.32. The maximum absolute atomic E-state index is 12.9. The number of Topliss-reactive ketones (excluding diaryl/α,β-unsaturated/α-hetero) is 1. The maximum Gasteiger partial charge on any atom is 0.316 e. The topological polar surface area (TPSA) is 72.4 Å². The van der Waals surface area contributed by atoms with Crippen LogP contribution in [-0.2, 0) is 4.79 Å². The fraction of sp³-hybridized carbons (Fsp3) is 0.368. The Morgan fingerprint density at radius 2 is 1.89 bits per heavy atom. The summed E-state index contributed by atoms with van der Waals surface area (Å²) in [6.45, 7) is 1.02. The molecule has 3 rings (SSSR count). The number of aromatic nitrogens is 2. The zero-order valence-corrected chi connectivity index (χ0v) is 15.4. The van der Waals surface area contributed by atoms with Gasteiger partial charge in [-0.3, -0.25) is 9.59 Å². The minimum absolute atomic E-state index is 0.0913. The van der Waals surface area contributed by atoms with Crippen molar-refractivity contribution in [3.8, 4) is 6.01 Å². The lowest BCUT2D eigenvalue weighted by molar-refractivity contribution is -0.133. The Kier molecular flexibility index (Phi) is 6.34. The third-order valence-electron chi connectivity index (χ3n) is 4.33. The van der Waals surface area contributed by atoms with Crippen molar-refractivity contribution >= 4 is 23.3 Å². The summed E-state index contributed by atoms with van der Waals surface area (Å²) in [6.07, 6.45) is 3.65. The lowest BCUT2D eigenvalue weighted by Crippen LogP contribution is -2.44. The van der Waals surface area contributed by atoms with Crippen molar-refractivity contribution in [3.63, 3.8) is 0 Å². The monoisotopic (exact) mass is 391 g/mol. The van der Waals surface area contributed by atoms with Crippen LogP contribution in [0.25, 0.3) is 0 Å². The molecule has 1 amide bonds. The molecule has 1 unspecified atom stereocenters. The summed E-state index contributed by atoms with van der Waals surface area (Å²) in [5.41, 5.74) is 0.542. The second-order valence-electron chi connectivity index (χ2n) is 6.34. The number of likely N-dealkylation sites (tertiary alicyclic amines) is 1. The Bertz CT molecular complexity index is 799. The van der Waals surface area contributed by atoms with Gasteiger partial charge in [-0.2, -0.15) is 0 Å². The average Bonchev–Trinajstić information content (AvgIpc) is 2.68. The smallest absolute Gasteiger partial charge is 0.316 e. The largest absolute Gasteiger partial charge is 0.458 e. The molecule has 2 aromatic rings. The molecule has 0 spiro atoms. The van der Waals surface area contributed by atoms with Crippen LogP contribution in [0.5, 0.6) is 6.01 Å². The van der Waals surface area contributed by atoms with Gasteiger partial charge in [-0.1, -0.05) is 11.6 Å². The predicted molar refractivity (Wildman–Crippen MR) is 97.2 cm³/mol. The van der Waals surface area contributed by atoms with Gasteiger partial charge in [0.05, 0.1) is 18.9 Å². The van der Waals surface area contributed by atoms with Gasteiger partial charge in [0.15, 0.2) is 11.6 Å². The number of halogens is 2. The van der Waals surface area contributed by atoms with Gasteiger partial charge in [-0.05, 0) is 37.1 Å². The molecule has 0 N–H and O–H groups in total. The lowest BCUT2D eigenvalue weighted by atomic mass is 10.0. The van der Waals surface area contributed by atoms with Crippen LogP contribution in [0.4, 0.5) is 4.39 Å². The standard InChI is InChI=1S/C19H19ClFN3O3/c20-14-5-3-13(4-6-14)17(25)7-8-18(26)24-9-1-2-16(12-24)27-19-22-10-15(21)11-23-19/h3-6,10-11,16H,1-2,7-9,12H2. The molecule has 0 radical (unpaired) electrons. The van der Waals surface area contributed by atoms with Crippen molar-refractivity contribution in [2.45, 2.75) is 31.8 Å². The number of rotatable bonds is 6. The van der Waals surface area contributed by atoms with E-state index in [-0.39, 0.29) is 36.6 Å². The van der Waals surface area contributed by atoms with E-state index in [1.807, 2.05) is 0 Å². The van der Waals surface area contributed by atoms with Gasteiger partial charge in [0.1, 0.15) is 6.10 Å². The van der Waals surface area contributed by atoms with Gasteiger partial charge in [-0.25, -0.2) is 14.4 Å². The minimum atomic E-state index is -0.534. The van der Waals surface area contributed by atoms with Crippen molar-refractivity contribution < 1.29 is 18.7 Å². The fourth-order valence-electron chi connectivity index (χ4n) is 2.93. The average molecular weight is 392 g/mol. The number of carbonyl (C=O) groups is 2. The molecular weight excluding hydrogens is 373 g/mol. The van der Waals surface area contributed by atoms with Crippen LogP contribution in [0.15, 0.2) is 36.7 Å². The SMILES string of the molecule is O=C(CCC(=O)N1CCCC(Oc2ncc(F)cn2)C1)c1ccc(Cl)cc1. The first-order chi connectivity index (χ1) is 13.0. The number of hydrogen-bond acceptors (Lipinski definition) is 5. The maximum atomic E-state index is 12.9. The highest BCUT2D eigenvalue weighted by atomic mass is 35.5. The summed E-state index contributed by atoms with van der Waals surface area (Å²) in [6, 6.07) is 6.71. The number of nitrogens with zero attached hydrogens (tertiary/aromatic N) is 3. The first-order valence-electron chi connectivity index (χ1n) is 8.72. The summed E-state index contributed by atoms with van der Waals surface area (Å²) in [7, 11) is 0. The van der Waals surface area contributed by atoms with Crippen LogP contribution in [0, 0.1) is 5.82 Å². The summed E-state index contributed by atoms with van der Waals surface area (Å²) in [5, 5.41) is 0.562. The van der Waals surface area contributed by atoms with Crippen LogP contribution >= 0.6 is 11.6 Å². The second-order valence-corrected chi connectivity index (χ2v) is 6.77. The molecule has 6 nitrogen and oxygen atoms in total. The molecule has 1 saturated heterocycles. The highest BCUT2D eigenvalue weighted by molar-refractivity contribution is 6.30. The molecule has 2 heterocycles. The molecular formula is C19H19ClFN3O3. The number of ketones is 1. The van der Waals surface area contributed by atoms with Gasteiger partial charge < -0.3 is 9.64 Å². The molecule has 0 saturated carbocycles. The number of piperidine rings is 1. The molecule has 1 aromatic heterocycles. The van der Waals surface area contributed by atoms with E-state index in [4.69, 9.17) is 16.3 Å². The quantitative estimate of drug-likeness (QED) is 0.706. The van der Waals surface area contributed by atoms with E-state index >= 15 is 0 Å². The van der Waals surface area contributed by atoms with E-state index in [0.29, 0.717) is 23.7 Å². The third kappa shape index (κ3) is 5.47. The van der Waals surface area contributed by atoms with Gasteiger partial charge >= 0.3 is 6.01 Å². The molecule has 0 bridgehead atoms. The van der Waals surface area contributed by atoms with Crippen molar-refractivity contribution in [3.05, 3.63) is 53.1 Å². The van der Waals surface area contributed by atoms with Crippen LogP contribution in [0.1, 0.15) is 36.0 Å². The fourth-order valence-corrected chi connectivity index (χ4v) is 3.06. The van der Waals surface area contributed by atoms with E-state index in [1.165, 1.54) is 0 Å². The Hall–Kier alpha value is -2.54. The van der Waals surface area contributed by atoms with E-state index in [2.05, 4.69) is 9.97 Å². The molecule has 1 atom stereocenters. The zero-order chi connectivity index (χ0) is 19.2. The van der Waals surface area contributed by atoms with E-state index in [0.717, 1.165) is 25.2 Å². The highest BCUT2D eigenvalue weighted by Crippen LogP contribution is 2.17. The normalized spacial score (nSPS) is 16.8. The van der Waals surface area contributed by atoms with Crippen molar-refractivity contribution in [2.24, 2.45) is 0 Å². The van der Waals surface area contributed by atoms with E-state index < -0.39 is 5.82 Å². The summed E-state index contributed by atoms with van der Waals surface area (Å²) < 4.78 is 18.5. The zero-order valence-electron chi connectivity index (χ0n) is 14.6. The van der Waals surface area contributed by atoms with Gasteiger partial charge in [0.2, 0.25) is 5.91 Å². The molecule has 1 aromatic carbocycles. The predicted octanol–water partition coefficient (Wildman–Crippen LogP) is 3.30. The van der Waals surface area contributed by atoms with Gasteiger partial charge in [-0.15, -0.1) is 0 Å². The minimum Gasteiger partial charge on any atom is -0.458 e. The Morgan fingerprint density at radius 1 is 1.19 bits per heavy atom. The van der Waals surface area contributed by atoms with Crippen LogP contribution < -0.4 is 4.74 Å². The first-order valence-corrected chi connectivity index (χ1v) is 9.10. The molecule has 1 aliphatic heterocycles. The Balaban J connectivity index is 1.49. The molecule has 27 heavy (non-hydrogen) atoms. The van der Waals surface area contributed by atoms with Crippen molar-refractivity contribution in [1.82, 2.24) is 14.9 Å². The molecule has 0 aliphatic carbocycles. The van der Waals surface area contributed by atoms with Gasteiger partial charge in [0, 0.05) is 30.0 Å². The van der Waals surface area contributed by atoms with Crippen molar-refractivity contribution in [1.29, 1.82) is 0 Å². The van der Waals surface area contributed by atoms with E-state index in [9.17, 15) is 14.0 Å². The summed E-state index contributed by atoms with van der Waals surface area (Å²) in [5.74, 6) is -0.719. The molecule has 1 aliphatic rings. The number of amides is 1. The van der Waals surface area contributed by atoms with Crippen LogP contribution in [0.2, 0.25) is 5.02 Å². The number of benzene rings is 1. The van der Waals surface area contributed by atoms with Gasteiger partial charge in [0.25, 0.3) is 0 Å².